The lowest BCUT2D eigenvalue weighted by Gasteiger charge is -2.23. The van der Waals surface area contributed by atoms with Crippen LogP contribution in [0.25, 0.3) is 9.40 Å². The molecule has 96 valence electrons. The van der Waals surface area contributed by atoms with Crippen molar-refractivity contribution in [3.8, 4) is 0 Å². The van der Waals surface area contributed by atoms with Crippen LogP contribution in [0, 0.1) is 0 Å². The first-order valence-corrected chi connectivity index (χ1v) is 8.01. The molecule has 2 N–H and O–H groups in total. The van der Waals surface area contributed by atoms with Crippen molar-refractivity contribution in [1.82, 2.24) is 10.6 Å². The van der Waals surface area contributed by atoms with Crippen molar-refractivity contribution >= 4 is 38.0 Å². The van der Waals surface area contributed by atoms with Gasteiger partial charge in [0.1, 0.15) is 0 Å². The van der Waals surface area contributed by atoms with E-state index >= 15 is 0 Å². The number of piperidine rings is 1. The van der Waals surface area contributed by atoms with E-state index in [2.05, 4.69) is 22.1 Å². The Bertz CT molecular complexity index is 511. The van der Waals surface area contributed by atoms with E-state index in [1.165, 1.54) is 28.7 Å². The molecule has 1 saturated heterocycles. The minimum absolute atomic E-state index is 0.0655. The lowest BCUT2D eigenvalue weighted by molar-refractivity contribution is 0.0952. The number of fused-ring (bicyclic) bond motifs is 1. The zero-order valence-electron chi connectivity index (χ0n) is 10.1. The molecule has 0 aliphatic carbocycles. The Morgan fingerprint density at radius 3 is 3.17 bits per heavy atom. The van der Waals surface area contributed by atoms with Crippen molar-refractivity contribution in [2.75, 3.05) is 13.1 Å². The van der Waals surface area contributed by atoms with E-state index in [0.29, 0.717) is 6.04 Å². The van der Waals surface area contributed by atoms with Gasteiger partial charge in [-0.15, -0.1) is 22.7 Å². The van der Waals surface area contributed by atoms with Gasteiger partial charge >= 0.3 is 0 Å². The monoisotopic (exact) mass is 280 g/mol. The number of hydrogen-bond acceptors (Lipinski definition) is 4. The number of rotatable bonds is 3. The summed E-state index contributed by atoms with van der Waals surface area (Å²) >= 11 is 3.27. The van der Waals surface area contributed by atoms with Crippen molar-refractivity contribution in [3.05, 3.63) is 22.4 Å². The SMILES string of the molecule is O=C(NCC1CCCCN1)c1cc2sccc2s1. The zero-order valence-corrected chi connectivity index (χ0v) is 11.7. The Hall–Kier alpha value is -0.910. The second-order valence-electron chi connectivity index (χ2n) is 4.62. The summed E-state index contributed by atoms with van der Waals surface area (Å²) in [6.45, 7) is 1.82. The maximum Gasteiger partial charge on any atom is 0.261 e. The molecule has 0 spiro atoms. The molecule has 1 amide bonds. The fraction of sp³-hybridized carbons (Fsp3) is 0.462. The van der Waals surface area contributed by atoms with Gasteiger partial charge in [0.05, 0.1) is 4.88 Å². The summed E-state index contributed by atoms with van der Waals surface area (Å²) in [6, 6.07) is 4.52. The molecule has 1 aliphatic heterocycles. The first-order valence-electron chi connectivity index (χ1n) is 6.31. The van der Waals surface area contributed by atoms with Crippen LogP contribution in [-0.2, 0) is 0 Å². The van der Waals surface area contributed by atoms with E-state index < -0.39 is 0 Å². The molecular formula is C13H16N2OS2. The molecule has 1 unspecified atom stereocenters. The van der Waals surface area contributed by atoms with Crippen molar-refractivity contribution in [2.24, 2.45) is 0 Å². The number of hydrogen-bond donors (Lipinski definition) is 2. The maximum absolute atomic E-state index is 12.0. The van der Waals surface area contributed by atoms with Gasteiger partial charge in [-0.2, -0.15) is 0 Å². The van der Waals surface area contributed by atoms with Crippen molar-refractivity contribution < 1.29 is 4.79 Å². The molecule has 3 rings (SSSR count). The van der Waals surface area contributed by atoms with Gasteiger partial charge in [-0.25, -0.2) is 0 Å². The van der Waals surface area contributed by atoms with Gasteiger partial charge in [-0.05, 0) is 36.9 Å². The van der Waals surface area contributed by atoms with Crippen LogP contribution < -0.4 is 10.6 Å². The third kappa shape index (κ3) is 2.58. The van der Waals surface area contributed by atoms with Crippen LogP contribution in [-0.4, -0.2) is 25.0 Å². The van der Waals surface area contributed by atoms with Crippen molar-refractivity contribution in [1.29, 1.82) is 0 Å². The Morgan fingerprint density at radius 2 is 2.39 bits per heavy atom. The second-order valence-corrected chi connectivity index (χ2v) is 6.65. The van der Waals surface area contributed by atoms with E-state index in [-0.39, 0.29) is 5.91 Å². The quantitative estimate of drug-likeness (QED) is 0.907. The highest BCUT2D eigenvalue weighted by Crippen LogP contribution is 2.29. The van der Waals surface area contributed by atoms with E-state index in [1.54, 1.807) is 22.7 Å². The van der Waals surface area contributed by atoms with E-state index in [4.69, 9.17) is 0 Å². The fourth-order valence-corrected chi connectivity index (χ4v) is 4.30. The predicted molar refractivity (Wildman–Crippen MR) is 77.7 cm³/mol. The molecule has 5 heteroatoms. The van der Waals surface area contributed by atoms with Crippen LogP contribution in [0.2, 0.25) is 0 Å². The molecule has 3 nitrogen and oxygen atoms in total. The normalized spacial score (nSPS) is 20.1. The van der Waals surface area contributed by atoms with Crippen LogP contribution in [0.4, 0.5) is 0 Å². The zero-order chi connectivity index (χ0) is 12.4. The maximum atomic E-state index is 12.0. The average Bonchev–Trinajstić information content (AvgIpc) is 2.98. The molecule has 0 aromatic carbocycles. The Morgan fingerprint density at radius 1 is 1.44 bits per heavy atom. The summed E-state index contributed by atoms with van der Waals surface area (Å²) in [5.41, 5.74) is 0. The molecule has 1 aliphatic rings. The van der Waals surface area contributed by atoms with Gasteiger partial charge < -0.3 is 10.6 Å². The number of amides is 1. The molecule has 18 heavy (non-hydrogen) atoms. The molecular weight excluding hydrogens is 264 g/mol. The Labute approximate surface area is 114 Å². The van der Waals surface area contributed by atoms with Crippen LogP contribution in [0.15, 0.2) is 17.5 Å². The lowest BCUT2D eigenvalue weighted by Crippen LogP contribution is -2.43. The molecule has 2 aromatic heterocycles. The third-order valence-corrected chi connectivity index (χ3v) is 5.38. The Balaban J connectivity index is 1.59. The first kappa shape index (κ1) is 12.1. The van der Waals surface area contributed by atoms with E-state index in [9.17, 15) is 4.79 Å². The highest BCUT2D eigenvalue weighted by atomic mass is 32.1. The summed E-state index contributed by atoms with van der Waals surface area (Å²) in [7, 11) is 0. The van der Waals surface area contributed by atoms with Crippen molar-refractivity contribution in [3.63, 3.8) is 0 Å². The first-order chi connectivity index (χ1) is 8.83. The summed E-state index contributed by atoms with van der Waals surface area (Å²) in [6.07, 6.45) is 3.69. The van der Waals surface area contributed by atoms with E-state index in [0.717, 1.165) is 18.0 Å². The molecule has 0 saturated carbocycles. The molecule has 0 bridgehead atoms. The van der Waals surface area contributed by atoms with Gasteiger partial charge in [0.25, 0.3) is 5.91 Å². The fourth-order valence-electron chi connectivity index (χ4n) is 2.28. The smallest absolute Gasteiger partial charge is 0.261 e. The molecule has 3 heterocycles. The standard InChI is InChI=1S/C13H16N2OS2/c16-13(15-8-9-3-1-2-5-14-9)12-7-11-10(18-12)4-6-17-11/h4,6-7,9,14H,1-3,5,8H2,(H,15,16). The number of thiophene rings is 2. The summed E-state index contributed by atoms with van der Waals surface area (Å²) in [4.78, 5) is 12.9. The lowest BCUT2D eigenvalue weighted by atomic mass is 10.1. The number of carbonyl (C=O) groups excluding carboxylic acids is 1. The van der Waals surface area contributed by atoms with Crippen LogP contribution in [0.1, 0.15) is 28.9 Å². The largest absolute Gasteiger partial charge is 0.350 e. The Kier molecular flexibility index (Phi) is 3.63. The van der Waals surface area contributed by atoms with Gasteiger partial charge in [0.15, 0.2) is 0 Å². The summed E-state index contributed by atoms with van der Waals surface area (Å²) in [5.74, 6) is 0.0655. The number of nitrogens with one attached hydrogen (secondary N) is 2. The minimum atomic E-state index is 0.0655. The molecule has 1 atom stereocenters. The summed E-state index contributed by atoms with van der Waals surface area (Å²) in [5, 5.41) is 8.54. The van der Waals surface area contributed by atoms with Gasteiger partial charge in [-0.1, -0.05) is 6.42 Å². The molecule has 2 aromatic rings. The third-order valence-electron chi connectivity index (χ3n) is 3.28. The van der Waals surface area contributed by atoms with Crippen LogP contribution >= 0.6 is 22.7 Å². The van der Waals surface area contributed by atoms with E-state index in [1.807, 2.05) is 6.07 Å². The molecule has 0 radical (unpaired) electrons. The van der Waals surface area contributed by atoms with Crippen LogP contribution in [0.5, 0.6) is 0 Å². The average molecular weight is 280 g/mol. The predicted octanol–water partition coefficient (Wildman–Crippen LogP) is 2.83. The second kappa shape index (κ2) is 5.38. The van der Waals surface area contributed by atoms with Crippen molar-refractivity contribution in [2.45, 2.75) is 25.3 Å². The molecule has 1 fully saturated rings. The summed E-state index contributed by atoms with van der Waals surface area (Å²) < 4.78 is 2.42. The minimum Gasteiger partial charge on any atom is -0.350 e. The number of carbonyl (C=O) groups is 1. The van der Waals surface area contributed by atoms with Gasteiger partial charge in [0.2, 0.25) is 0 Å². The topological polar surface area (TPSA) is 41.1 Å². The van der Waals surface area contributed by atoms with Gasteiger partial charge in [-0.3, -0.25) is 4.79 Å². The highest BCUT2D eigenvalue weighted by Gasteiger charge is 2.15. The highest BCUT2D eigenvalue weighted by molar-refractivity contribution is 7.27. The van der Waals surface area contributed by atoms with Crippen LogP contribution in [0.3, 0.4) is 0 Å². The van der Waals surface area contributed by atoms with Gasteiger partial charge in [0, 0.05) is 22.0 Å².